The number of pyridine rings is 2. The van der Waals surface area contributed by atoms with Gasteiger partial charge in [-0.05, 0) is 74.6 Å². The van der Waals surface area contributed by atoms with Gasteiger partial charge in [0.1, 0.15) is 11.6 Å². The van der Waals surface area contributed by atoms with E-state index in [4.69, 9.17) is 10.5 Å². The molecule has 8 nitrogen and oxygen atoms in total. The molecule has 1 aliphatic carbocycles. The van der Waals surface area contributed by atoms with E-state index in [0.717, 1.165) is 29.7 Å². The van der Waals surface area contributed by atoms with Gasteiger partial charge in [0.15, 0.2) is 5.65 Å². The minimum atomic E-state index is -0.368. The zero-order valence-electron chi connectivity index (χ0n) is 20.4. The van der Waals surface area contributed by atoms with Crippen molar-refractivity contribution in [3.05, 3.63) is 70.9 Å². The Morgan fingerprint density at radius 3 is 2.75 bits per heavy atom. The van der Waals surface area contributed by atoms with E-state index in [1.807, 2.05) is 25.1 Å². The van der Waals surface area contributed by atoms with E-state index >= 15 is 0 Å². The third-order valence-electron chi connectivity index (χ3n) is 6.72. The van der Waals surface area contributed by atoms with Gasteiger partial charge in [0.05, 0.1) is 17.9 Å². The molecule has 36 heavy (non-hydrogen) atoms. The summed E-state index contributed by atoms with van der Waals surface area (Å²) >= 11 is 0. The molecule has 1 saturated carbocycles. The monoisotopic (exact) mass is 488 g/mol. The number of anilines is 1. The molecule has 9 heteroatoms. The van der Waals surface area contributed by atoms with Crippen molar-refractivity contribution in [1.82, 2.24) is 24.9 Å². The predicted octanol–water partition coefficient (Wildman–Crippen LogP) is 4.63. The molecule has 1 aliphatic rings. The van der Waals surface area contributed by atoms with Crippen LogP contribution in [-0.4, -0.2) is 32.1 Å². The van der Waals surface area contributed by atoms with Crippen molar-refractivity contribution in [2.75, 3.05) is 12.3 Å². The third-order valence-corrected chi connectivity index (χ3v) is 6.72. The number of fused-ring (bicyclic) bond motifs is 1. The molecule has 3 N–H and O–H groups in total. The molecule has 3 aromatic heterocycles. The minimum Gasteiger partial charge on any atom is -0.493 e. The first-order valence-electron chi connectivity index (χ1n) is 12.2. The van der Waals surface area contributed by atoms with Crippen LogP contribution in [0.1, 0.15) is 53.0 Å². The molecule has 0 spiro atoms. The molecule has 4 aromatic rings. The van der Waals surface area contributed by atoms with E-state index in [9.17, 15) is 9.18 Å². The molecule has 0 aliphatic heterocycles. The first-order chi connectivity index (χ1) is 17.4. The third kappa shape index (κ3) is 5.00. The molecule has 0 atom stereocenters. The highest BCUT2D eigenvalue weighted by Crippen LogP contribution is 2.28. The van der Waals surface area contributed by atoms with Crippen molar-refractivity contribution in [1.29, 1.82) is 0 Å². The van der Waals surface area contributed by atoms with Crippen LogP contribution in [0.2, 0.25) is 0 Å². The predicted molar refractivity (Wildman–Crippen MR) is 135 cm³/mol. The van der Waals surface area contributed by atoms with Gasteiger partial charge in [-0.3, -0.25) is 9.78 Å². The van der Waals surface area contributed by atoms with Crippen molar-refractivity contribution in [2.24, 2.45) is 5.92 Å². The lowest BCUT2D eigenvalue weighted by atomic mass is 10.0. The lowest BCUT2D eigenvalue weighted by molar-refractivity contribution is 0.0949. The van der Waals surface area contributed by atoms with E-state index < -0.39 is 0 Å². The Balaban J connectivity index is 1.35. The van der Waals surface area contributed by atoms with E-state index in [1.54, 1.807) is 23.7 Å². The fourth-order valence-corrected chi connectivity index (χ4v) is 4.80. The van der Waals surface area contributed by atoms with Crippen LogP contribution in [0, 0.1) is 25.6 Å². The highest BCUT2D eigenvalue weighted by atomic mass is 19.1. The molecule has 0 radical (unpaired) electrons. The van der Waals surface area contributed by atoms with Gasteiger partial charge in [0.25, 0.3) is 5.91 Å². The number of nitrogens with zero attached hydrogens (tertiary/aromatic N) is 4. The Kier molecular flexibility index (Phi) is 6.54. The largest absolute Gasteiger partial charge is 0.493 e. The molecule has 3 heterocycles. The molecular weight excluding hydrogens is 459 g/mol. The SMILES string of the molecule is Cc1nc(C)c(-c2ccn3nc(N)nc3c2)cc1C(=O)NCc1cc(F)ccc1OCC1CCCC1. The molecule has 5 rings (SSSR count). The summed E-state index contributed by atoms with van der Waals surface area (Å²) in [7, 11) is 0. The number of nitrogens with one attached hydrogen (secondary N) is 1. The number of hydrogen-bond donors (Lipinski definition) is 2. The number of nitrogen functional groups attached to an aromatic ring is 1. The fraction of sp³-hybridized carbons (Fsp3) is 0.333. The summed E-state index contributed by atoms with van der Waals surface area (Å²) in [6, 6.07) is 9.98. The van der Waals surface area contributed by atoms with Crippen molar-refractivity contribution >= 4 is 17.5 Å². The Bertz CT molecular complexity index is 1430. The highest BCUT2D eigenvalue weighted by molar-refractivity contribution is 5.96. The summed E-state index contributed by atoms with van der Waals surface area (Å²) in [6.45, 7) is 4.45. The van der Waals surface area contributed by atoms with Crippen LogP contribution in [0.3, 0.4) is 0 Å². The number of hydrogen-bond acceptors (Lipinski definition) is 6. The van der Waals surface area contributed by atoms with Gasteiger partial charge < -0.3 is 15.8 Å². The van der Waals surface area contributed by atoms with Gasteiger partial charge in [-0.2, -0.15) is 4.98 Å². The van der Waals surface area contributed by atoms with Crippen molar-refractivity contribution in [2.45, 2.75) is 46.1 Å². The van der Waals surface area contributed by atoms with Gasteiger partial charge in [-0.15, -0.1) is 5.10 Å². The number of rotatable bonds is 7. The average molecular weight is 489 g/mol. The Hall–Kier alpha value is -4.01. The lowest BCUT2D eigenvalue weighted by Crippen LogP contribution is -2.25. The standard InChI is InChI=1S/C27H29FN6O2/c1-16-22(19-9-10-34-25(12-19)32-27(29)33-34)13-23(17(2)31-16)26(35)30-14-20-11-21(28)7-8-24(20)36-15-18-5-3-4-6-18/h7-13,18H,3-6,14-15H2,1-2H3,(H2,29,33)(H,30,35). The number of aryl methyl sites for hydroxylation is 2. The van der Waals surface area contributed by atoms with Gasteiger partial charge in [0.2, 0.25) is 5.95 Å². The van der Waals surface area contributed by atoms with Crippen LogP contribution in [0.25, 0.3) is 16.8 Å². The van der Waals surface area contributed by atoms with Crippen LogP contribution in [0.15, 0.2) is 42.6 Å². The molecule has 186 valence electrons. The van der Waals surface area contributed by atoms with Crippen LogP contribution in [-0.2, 0) is 6.54 Å². The van der Waals surface area contributed by atoms with E-state index in [0.29, 0.717) is 40.7 Å². The number of carbonyl (C=O) groups is 1. The summed E-state index contributed by atoms with van der Waals surface area (Å²) in [5.41, 5.74) is 10.4. The normalized spacial score (nSPS) is 13.9. The lowest BCUT2D eigenvalue weighted by Gasteiger charge is -2.16. The molecule has 0 unspecified atom stereocenters. The topological polar surface area (TPSA) is 107 Å². The van der Waals surface area contributed by atoms with Gasteiger partial charge in [-0.25, -0.2) is 8.91 Å². The molecule has 1 amide bonds. The maximum Gasteiger partial charge on any atom is 0.253 e. The summed E-state index contributed by atoms with van der Waals surface area (Å²) in [6.07, 6.45) is 6.55. The second-order valence-electron chi connectivity index (χ2n) is 9.34. The average Bonchev–Trinajstić information content (AvgIpc) is 3.50. The second kappa shape index (κ2) is 9.93. The summed E-state index contributed by atoms with van der Waals surface area (Å²) < 4.78 is 21.6. The molecule has 1 aromatic carbocycles. The molecule has 1 fully saturated rings. The van der Waals surface area contributed by atoms with E-state index in [2.05, 4.69) is 20.4 Å². The van der Waals surface area contributed by atoms with Crippen LogP contribution in [0.4, 0.5) is 10.3 Å². The second-order valence-corrected chi connectivity index (χ2v) is 9.34. The first kappa shape index (κ1) is 23.7. The Morgan fingerprint density at radius 2 is 1.94 bits per heavy atom. The van der Waals surface area contributed by atoms with Crippen LogP contribution >= 0.6 is 0 Å². The number of amides is 1. The smallest absolute Gasteiger partial charge is 0.253 e. The molecule has 0 saturated heterocycles. The van der Waals surface area contributed by atoms with Crippen LogP contribution in [0.5, 0.6) is 5.75 Å². The quantitative estimate of drug-likeness (QED) is 0.393. The Morgan fingerprint density at radius 1 is 1.14 bits per heavy atom. The number of nitrogens with two attached hydrogens (primary N) is 1. The van der Waals surface area contributed by atoms with E-state index in [1.165, 1.54) is 25.0 Å². The van der Waals surface area contributed by atoms with Crippen molar-refractivity contribution in [3.63, 3.8) is 0 Å². The van der Waals surface area contributed by atoms with Gasteiger partial charge in [-0.1, -0.05) is 12.8 Å². The maximum absolute atomic E-state index is 14.0. The zero-order chi connectivity index (χ0) is 25.2. The number of carbonyl (C=O) groups excluding carboxylic acids is 1. The number of benzene rings is 1. The zero-order valence-corrected chi connectivity index (χ0v) is 20.4. The summed E-state index contributed by atoms with van der Waals surface area (Å²) in [5, 5.41) is 7.01. The van der Waals surface area contributed by atoms with Gasteiger partial charge >= 0.3 is 0 Å². The number of ether oxygens (including phenoxy) is 1. The number of aromatic nitrogens is 4. The van der Waals surface area contributed by atoms with Crippen molar-refractivity contribution in [3.8, 4) is 16.9 Å². The fourth-order valence-electron chi connectivity index (χ4n) is 4.80. The molecular formula is C27H29FN6O2. The first-order valence-corrected chi connectivity index (χ1v) is 12.2. The minimum absolute atomic E-state index is 0.143. The van der Waals surface area contributed by atoms with Gasteiger partial charge in [0, 0.05) is 29.6 Å². The van der Waals surface area contributed by atoms with Crippen LogP contribution < -0.4 is 15.8 Å². The maximum atomic E-state index is 14.0. The Labute approximate surface area is 208 Å². The molecule has 0 bridgehead atoms. The number of halogens is 1. The summed E-state index contributed by atoms with van der Waals surface area (Å²) in [4.78, 5) is 22.0. The van der Waals surface area contributed by atoms with Crippen molar-refractivity contribution < 1.29 is 13.9 Å². The highest BCUT2D eigenvalue weighted by Gasteiger charge is 2.18. The summed E-state index contributed by atoms with van der Waals surface area (Å²) in [5.74, 6) is 0.664. The van der Waals surface area contributed by atoms with E-state index in [-0.39, 0.29) is 24.2 Å².